The van der Waals surface area contributed by atoms with Crippen LogP contribution in [0.3, 0.4) is 0 Å². The molecule has 0 unspecified atom stereocenters. The average molecular weight is 408 g/mol. The van der Waals surface area contributed by atoms with E-state index in [0.717, 1.165) is 0 Å². The number of carbonyl (C=O) groups excluding carboxylic acids is 1. The number of rotatable bonds is 4. The first-order valence-corrected chi connectivity index (χ1v) is 9.30. The number of para-hydroxylation sites is 1. The molecule has 0 saturated carbocycles. The van der Waals surface area contributed by atoms with Crippen LogP contribution in [0.4, 0.5) is 0 Å². The second kappa shape index (κ2) is 7.22. The highest BCUT2D eigenvalue weighted by atomic mass is 16.5. The molecule has 0 amide bonds. The molecule has 2 heterocycles. The quantitative estimate of drug-likeness (QED) is 0.411. The topological polar surface area (TPSA) is 104 Å². The fourth-order valence-corrected chi connectivity index (χ4v) is 3.83. The molecule has 0 saturated heterocycles. The first kappa shape index (κ1) is 19.5. The summed E-state index contributed by atoms with van der Waals surface area (Å²) in [5.41, 5.74) is 1.21. The minimum absolute atomic E-state index is 0.0284. The van der Waals surface area contributed by atoms with Crippen LogP contribution in [0.25, 0.3) is 22.0 Å². The molecule has 8 heteroatoms. The van der Waals surface area contributed by atoms with Crippen LogP contribution in [0, 0.1) is 0 Å². The Bertz CT molecular complexity index is 1410. The normalized spacial score (nSPS) is 12.4. The van der Waals surface area contributed by atoms with Gasteiger partial charge in [-0.25, -0.2) is 9.59 Å². The molecule has 0 aliphatic heterocycles. The van der Waals surface area contributed by atoms with E-state index in [-0.39, 0.29) is 29.0 Å². The van der Waals surface area contributed by atoms with Crippen molar-refractivity contribution >= 4 is 28.0 Å². The second-order valence-electron chi connectivity index (χ2n) is 7.13. The monoisotopic (exact) mass is 408 g/mol. The first-order chi connectivity index (χ1) is 14.3. The van der Waals surface area contributed by atoms with Crippen molar-refractivity contribution in [1.29, 1.82) is 0 Å². The van der Waals surface area contributed by atoms with Gasteiger partial charge in [0.05, 0.1) is 35.5 Å². The number of aromatic nitrogens is 2. The summed E-state index contributed by atoms with van der Waals surface area (Å²) in [6.45, 7) is 0. The lowest BCUT2D eigenvalue weighted by atomic mass is 9.88. The maximum Gasteiger partial charge on any atom is 0.343 e. The van der Waals surface area contributed by atoms with Crippen molar-refractivity contribution in [3.63, 3.8) is 0 Å². The van der Waals surface area contributed by atoms with Crippen molar-refractivity contribution in [3.8, 4) is 5.75 Å². The Morgan fingerprint density at radius 1 is 1.10 bits per heavy atom. The number of imidazole rings is 1. The number of ether oxygens (including phenoxy) is 1. The van der Waals surface area contributed by atoms with Crippen molar-refractivity contribution < 1.29 is 19.1 Å². The van der Waals surface area contributed by atoms with Crippen LogP contribution in [-0.2, 0) is 23.6 Å². The fourth-order valence-electron chi connectivity index (χ4n) is 3.83. The third-order valence-electron chi connectivity index (χ3n) is 5.47. The summed E-state index contributed by atoms with van der Waals surface area (Å²) in [6.07, 6.45) is -0.181. The molecule has 154 valence electrons. The van der Waals surface area contributed by atoms with Gasteiger partial charge in [-0.3, -0.25) is 13.9 Å². The second-order valence-corrected chi connectivity index (χ2v) is 7.13. The van der Waals surface area contributed by atoms with Gasteiger partial charge in [-0.2, -0.15) is 0 Å². The molecule has 0 aliphatic carbocycles. The molecule has 0 fully saturated rings. The number of methoxy groups -OCH3 is 1. The summed E-state index contributed by atoms with van der Waals surface area (Å²) in [7, 11) is 4.57. The third-order valence-corrected chi connectivity index (χ3v) is 5.47. The minimum Gasteiger partial charge on any atom is -0.507 e. The van der Waals surface area contributed by atoms with E-state index in [4.69, 9.17) is 9.15 Å². The summed E-state index contributed by atoms with van der Waals surface area (Å²) >= 11 is 0. The van der Waals surface area contributed by atoms with Gasteiger partial charge in [0, 0.05) is 20.0 Å². The van der Waals surface area contributed by atoms with E-state index >= 15 is 0 Å². The Hall–Kier alpha value is -3.81. The molecule has 0 radical (unpaired) electrons. The Morgan fingerprint density at radius 3 is 2.53 bits per heavy atom. The Labute approximate surface area is 170 Å². The summed E-state index contributed by atoms with van der Waals surface area (Å²) in [6, 6.07) is 11.8. The van der Waals surface area contributed by atoms with Crippen molar-refractivity contribution in [2.24, 2.45) is 14.1 Å². The van der Waals surface area contributed by atoms with E-state index in [2.05, 4.69) is 0 Å². The number of hydrogen-bond acceptors (Lipinski definition) is 6. The number of aromatic hydroxyl groups is 1. The third kappa shape index (κ3) is 2.97. The van der Waals surface area contributed by atoms with Crippen LogP contribution in [-0.4, -0.2) is 27.3 Å². The van der Waals surface area contributed by atoms with E-state index in [1.807, 2.05) is 0 Å². The van der Waals surface area contributed by atoms with E-state index < -0.39 is 17.5 Å². The lowest BCUT2D eigenvalue weighted by Gasteiger charge is -2.18. The van der Waals surface area contributed by atoms with Crippen LogP contribution in [0.1, 0.15) is 23.5 Å². The van der Waals surface area contributed by atoms with Gasteiger partial charge in [0.25, 0.3) is 0 Å². The number of aryl methyl sites for hydroxylation is 2. The van der Waals surface area contributed by atoms with E-state index in [1.165, 1.54) is 16.2 Å². The van der Waals surface area contributed by atoms with Gasteiger partial charge in [-0.05, 0) is 29.8 Å². The molecular formula is C22H20N2O6. The zero-order chi connectivity index (χ0) is 21.6. The number of hydrogen-bond donors (Lipinski definition) is 1. The standard InChI is InChI=1S/C22H20N2O6/c1-23-15-9-8-12(10-16(15)24(2)22(23)28)14(11-18(25)29-3)19-20(26)13-6-4-5-7-17(13)30-21(19)27/h4-10,14,26H,11H2,1-3H3/t14-/m0/s1. The highest BCUT2D eigenvalue weighted by Gasteiger charge is 2.28. The number of nitrogens with zero attached hydrogens (tertiary/aromatic N) is 2. The summed E-state index contributed by atoms with van der Waals surface area (Å²) in [5, 5.41) is 11.3. The van der Waals surface area contributed by atoms with Crippen molar-refractivity contribution in [3.05, 3.63) is 74.5 Å². The van der Waals surface area contributed by atoms with Crippen LogP contribution in [0.5, 0.6) is 5.75 Å². The number of fused-ring (bicyclic) bond motifs is 2. The van der Waals surface area contributed by atoms with Crippen molar-refractivity contribution in [1.82, 2.24) is 9.13 Å². The molecule has 0 aliphatic rings. The molecule has 1 atom stereocenters. The molecular weight excluding hydrogens is 388 g/mol. The molecule has 8 nitrogen and oxygen atoms in total. The first-order valence-electron chi connectivity index (χ1n) is 9.30. The van der Waals surface area contributed by atoms with E-state index in [0.29, 0.717) is 22.0 Å². The van der Waals surface area contributed by atoms with Gasteiger partial charge in [-0.15, -0.1) is 0 Å². The Morgan fingerprint density at radius 2 is 1.80 bits per heavy atom. The van der Waals surface area contributed by atoms with Crippen molar-refractivity contribution in [2.45, 2.75) is 12.3 Å². The molecule has 2 aromatic heterocycles. The molecule has 2 aromatic carbocycles. The average Bonchev–Trinajstić information content (AvgIpc) is 2.96. The predicted molar refractivity (Wildman–Crippen MR) is 111 cm³/mol. The smallest absolute Gasteiger partial charge is 0.343 e. The summed E-state index contributed by atoms with van der Waals surface area (Å²) in [4.78, 5) is 37.2. The lowest BCUT2D eigenvalue weighted by molar-refractivity contribution is -0.140. The molecule has 4 aromatic rings. The van der Waals surface area contributed by atoms with E-state index in [9.17, 15) is 19.5 Å². The maximum atomic E-state index is 12.8. The Kier molecular flexibility index (Phi) is 4.69. The van der Waals surface area contributed by atoms with Gasteiger partial charge in [0.15, 0.2) is 0 Å². The molecule has 1 N–H and O–H groups in total. The number of benzene rings is 2. The van der Waals surface area contributed by atoms with Gasteiger partial charge in [-0.1, -0.05) is 18.2 Å². The van der Waals surface area contributed by atoms with Crippen molar-refractivity contribution in [2.75, 3.05) is 7.11 Å². The highest BCUT2D eigenvalue weighted by molar-refractivity contribution is 5.85. The van der Waals surface area contributed by atoms with Crippen LogP contribution in [0.2, 0.25) is 0 Å². The minimum atomic E-state index is -0.821. The van der Waals surface area contributed by atoms with Gasteiger partial charge in [0.1, 0.15) is 11.3 Å². The highest BCUT2D eigenvalue weighted by Crippen LogP contribution is 2.37. The van der Waals surface area contributed by atoms with Crippen LogP contribution >= 0.6 is 0 Å². The largest absolute Gasteiger partial charge is 0.507 e. The molecule has 30 heavy (non-hydrogen) atoms. The lowest BCUT2D eigenvalue weighted by Crippen LogP contribution is -2.19. The molecule has 0 spiro atoms. The van der Waals surface area contributed by atoms with Crippen LogP contribution in [0.15, 0.2) is 56.5 Å². The summed E-state index contributed by atoms with van der Waals surface area (Å²) < 4.78 is 13.2. The maximum absolute atomic E-state index is 12.8. The van der Waals surface area contributed by atoms with E-state index in [1.54, 1.807) is 56.6 Å². The molecule has 0 bridgehead atoms. The zero-order valence-corrected chi connectivity index (χ0v) is 16.7. The number of esters is 1. The predicted octanol–water partition coefficient (Wildman–Crippen LogP) is 2.38. The van der Waals surface area contributed by atoms with Gasteiger partial charge in [0.2, 0.25) is 0 Å². The molecule has 4 rings (SSSR count). The number of carbonyl (C=O) groups is 1. The Balaban J connectivity index is 1.99. The summed E-state index contributed by atoms with van der Waals surface area (Å²) in [5.74, 6) is -1.61. The van der Waals surface area contributed by atoms with Gasteiger partial charge < -0.3 is 14.3 Å². The fraction of sp³-hybridized carbons (Fsp3) is 0.227. The zero-order valence-electron chi connectivity index (χ0n) is 16.7. The van der Waals surface area contributed by atoms with Crippen LogP contribution < -0.4 is 11.3 Å². The SMILES string of the molecule is COC(=O)C[C@@H](c1ccc2c(c1)n(C)c(=O)n2C)c1c(O)c2ccccc2oc1=O. The van der Waals surface area contributed by atoms with Gasteiger partial charge >= 0.3 is 17.3 Å².